The number of ether oxygens (including phenoxy) is 2. The van der Waals surface area contributed by atoms with Gasteiger partial charge in [0.1, 0.15) is 5.75 Å². The molecule has 1 saturated heterocycles. The molecule has 12 heteroatoms. The first kappa shape index (κ1) is 30.7. The zero-order valence-corrected chi connectivity index (χ0v) is 24.5. The number of guanidine groups is 1. The number of rotatable bonds is 6. The van der Waals surface area contributed by atoms with Crippen LogP contribution in [0.5, 0.6) is 11.6 Å². The van der Waals surface area contributed by atoms with Gasteiger partial charge in [-0.1, -0.05) is 12.2 Å². The minimum absolute atomic E-state index is 0.0519. The average Bonchev–Trinajstić information content (AvgIpc) is 2.95. The Morgan fingerprint density at radius 1 is 1.07 bits per heavy atom. The fourth-order valence-electron chi connectivity index (χ4n) is 5.83. The molecule has 1 aromatic heterocycles. The number of allylic oxidation sites excluding steroid dienone is 2. The zero-order chi connectivity index (χ0) is 30.8. The van der Waals surface area contributed by atoms with Gasteiger partial charge in [-0.05, 0) is 57.5 Å². The number of halogens is 3. The molecule has 3 heterocycles. The van der Waals surface area contributed by atoms with Crippen LogP contribution in [0, 0.1) is 0 Å². The van der Waals surface area contributed by atoms with Gasteiger partial charge >= 0.3 is 12.1 Å². The topological polar surface area (TPSA) is 90.7 Å². The van der Waals surface area contributed by atoms with E-state index in [1.807, 2.05) is 17.0 Å². The summed E-state index contributed by atoms with van der Waals surface area (Å²) in [5, 5.41) is 9.94. The number of benzene rings is 1. The molecule has 3 atom stereocenters. The fourth-order valence-corrected chi connectivity index (χ4v) is 5.83. The molecule has 2 aromatic rings. The number of carbonyl (C=O) groups is 1. The van der Waals surface area contributed by atoms with Gasteiger partial charge in [0.15, 0.2) is 0 Å². The molecule has 0 aliphatic carbocycles. The average molecular weight is 588 g/mol. The first-order valence-electron chi connectivity index (χ1n) is 13.6. The van der Waals surface area contributed by atoms with Crippen LogP contribution in [0.2, 0.25) is 0 Å². The Hall–Kier alpha value is -4.22. The van der Waals surface area contributed by atoms with E-state index in [1.165, 1.54) is 13.2 Å². The van der Waals surface area contributed by atoms with E-state index >= 15 is 0 Å². The van der Waals surface area contributed by atoms with Crippen LogP contribution in [0.25, 0.3) is 0 Å². The van der Waals surface area contributed by atoms with Gasteiger partial charge in [-0.2, -0.15) is 13.2 Å². The smallest absolute Gasteiger partial charge is 0.416 e. The maximum Gasteiger partial charge on any atom is 0.416 e. The third kappa shape index (κ3) is 6.02. The van der Waals surface area contributed by atoms with Crippen molar-refractivity contribution < 1.29 is 32.5 Å². The second-order valence-electron chi connectivity index (χ2n) is 10.3. The van der Waals surface area contributed by atoms with Crippen molar-refractivity contribution in [3.8, 4) is 11.6 Å². The number of nitrogens with zero attached hydrogens (tertiary/aromatic N) is 5. The number of hydrogen-bond acceptors (Lipinski definition) is 8. The second-order valence-corrected chi connectivity index (χ2v) is 10.3. The molecular weight excluding hydrogens is 551 g/mol. The first-order chi connectivity index (χ1) is 19.9. The largest absolute Gasteiger partial charge is 0.495 e. The minimum Gasteiger partial charge on any atom is -0.495 e. The van der Waals surface area contributed by atoms with Crippen molar-refractivity contribution in [1.29, 1.82) is 0 Å². The van der Waals surface area contributed by atoms with Crippen molar-refractivity contribution in [2.24, 2.45) is 4.99 Å². The van der Waals surface area contributed by atoms with Crippen LogP contribution in [0.1, 0.15) is 39.7 Å². The molecule has 3 unspecified atom stereocenters. The van der Waals surface area contributed by atoms with Crippen LogP contribution in [0.15, 0.2) is 64.9 Å². The normalized spacial score (nSPS) is 23.3. The number of aliphatic carboxylic acids is 1. The summed E-state index contributed by atoms with van der Waals surface area (Å²) in [6, 6.07) is 6.04. The maximum absolute atomic E-state index is 13.9. The highest BCUT2D eigenvalue weighted by Gasteiger charge is 2.42. The Labute approximate surface area is 243 Å². The molecule has 1 aromatic carbocycles. The van der Waals surface area contributed by atoms with E-state index in [1.54, 1.807) is 44.2 Å². The van der Waals surface area contributed by atoms with Crippen LogP contribution < -0.4 is 19.3 Å². The molecule has 0 spiro atoms. The summed E-state index contributed by atoms with van der Waals surface area (Å²) in [6.45, 7) is 8.61. The molecule has 226 valence electrons. The van der Waals surface area contributed by atoms with Crippen molar-refractivity contribution in [3.05, 3.63) is 65.5 Å². The number of piperazine rings is 1. The third-order valence-corrected chi connectivity index (χ3v) is 7.55. The van der Waals surface area contributed by atoms with Gasteiger partial charge in [0.05, 0.1) is 43.6 Å². The Kier molecular flexibility index (Phi) is 9.03. The van der Waals surface area contributed by atoms with Gasteiger partial charge in [0.25, 0.3) is 0 Å². The highest BCUT2D eigenvalue weighted by molar-refractivity contribution is 6.02. The van der Waals surface area contributed by atoms with Gasteiger partial charge in [0, 0.05) is 43.1 Å². The molecular formula is C30H36F3N5O4. The number of anilines is 2. The van der Waals surface area contributed by atoms with E-state index < -0.39 is 23.8 Å². The summed E-state index contributed by atoms with van der Waals surface area (Å²) in [4.78, 5) is 27.1. The van der Waals surface area contributed by atoms with Crippen molar-refractivity contribution in [3.63, 3.8) is 0 Å². The Morgan fingerprint density at radius 2 is 1.76 bits per heavy atom. The Balaban J connectivity index is 1.87. The van der Waals surface area contributed by atoms with E-state index in [2.05, 4.69) is 23.7 Å². The van der Waals surface area contributed by atoms with Gasteiger partial charge in [-0.25, -0.2) is 9.98 Å². The lowest BCUT2D eigenvalue weighted by Crippen LogP contribution is -2.63. The van der Waals surface area contributed by atoms with E-state index in [0.29, 0.717) is 36.2 Å². The molecule has 1 fully saturated rings. The summed E-state index contributed by atoms with van der Waals surface area (Å²) >= 11 is 0. The number of carboxylic acids is 1. The summed E-state index contributed by atoms with van der Waals surface area (Å²) in [5.74, 6) is -0.0653. The summed E-state index contributed by atoms with van der Waals surface area (Å²) in [5.41, 5.74) is 1.32. The number of aromatic nitrogens is 1. The molecule has 1 N–H and O–H groups in total. The lowest BCUT2D eigenvalue weighted by atomic mass is 9.95. The predicted octanol–water partition coefficient (Wildman–Crippen LogP) is 5.59. The molecule has 9 nitrogen and oxygen atoms in total. The molecule has 4 rings (SSSR count). The maximum atomic E-state index is 13.9. The number of hydrogen-bond donors (Lipinski definition) is 1. The van der Waals surface area contributed by atoms with E-state index in [-0.39, 0.29) is 29.9 Å². The number of aliphatic imine (C=N–C) groups is 1. The highest BCUT2D eigenvalue weighted by atomic mass is 19.4. The van der Waals surface area contributed by atoms with Crippen LogP contribution in [0.4, 0.5) is 24.5 Å². The van der Waals surface area contributed by atoms with E-state index in [0.717, 1.165) is 17.8 Å². The second kappa shape index (κ2) is 12.3. The van der Waals surface area contributed by atoms with Gasteiger partial charge in [0.2, 0.25) is 11.8 Å². The summed E-state index contributed by atoms with van der Waals surface area (Å²) in [7, 11) is 2.93. The van der Waals surface area contributed by atoms with Crippen molar-refractivity contribution in [1.82, 2.24) is 9.88 Å². The predicted molar refractivity (Wildman–Crippen MR) is 155 cm³/mol. The molecule has 0 saturated carbocycles. The SMILES string of the molecule is C/C=C1\C(=C/C)N=C(N2CC(C)N(c3ccnc(OC)c3)C(C)C2)N(c2cc(C(F)(F)F)ccc2OC)C1CC(=O)O. The number of methoxy groups -OCH3 is 2. The molecule has 42 heavy (non-hydrogen) atoms. The third-order valence-electron chi connectivity index (χ3n) is 7.55. The minimum atomic E-state index is -4.62. The zero-order valence-electron chi connectivity index (χ0n) is 24.5. The molecule has 2 aliphatic rings. The van der Waals surface area contributed by atoms with Crippen molar-refractivity contribution in [2.45, 2.75) is 58.4 Å². The number of carboxylic acid groups (broad SMARTS) is 1. The standard InChI is InChI=1S/C30H36F3N5O4/c1-7-22-23(8-2)35-29(36-16-18(3)37(19(4)17-36)21-11-12-34-27(14-21)42-6)38(24(22)15-28(39)40)25-13-20(30(31,32)33)9-10-26(25)41-5/h7-14,18-19,24H,15-17H2,1-6H3,(H,39,40)/b22-7+,23-8+. The molecule has 0 bridgehead atoms. The molecule has 0 amide bonds. The highest BCUT2D eigenvalue weighted by Crippen LogP contribution is 2.42. The summed E-state index contributed by atoms with van der Waals surface area (Å²) in [6.07, 6.45) is 0.250. The fraction of sp³-hybridized carbons (Fsp3) is 0.433. The lowest BCUT2D eigenvalue weighted by molar-refractivity contribution is -0.138. The van der Waals surface area contributed by atoms with Gasteiger partial charge in [-0.3, -0.25) is 4.79 Å². The number of pyridine rings is 1. The van der Waals surface area contributed by atoms with Gasteiger partial charge in [-0.15, -0.1) is 0 Å². The van der Waals surface area contributed by atoms with Crippen LogP contribution in [0.3, 0.4) is 0 Å². The van der Waals surface area contributed by atoms with Crippen LogP contribution >= 0.6 is 0 Å². The lowest BCUT2D eigenvalue weighted by Gasteiger charge is -2.50. The van der Waals surface area contributed by atoms with Crippen LogP contribution in [-0.4, -0.2) is 72.4 Å². The van der Waals surface area contributed by atoms with Crippen molar-refractivity contribution >= 4 is 23.3 Å². The Morgan fingerprint density at radius 3 is 2.31 bits per heavy atom. The first-order valence-corrected chi connectivity index (χ1v) is 13.6. The Bertz CT molecular complexity index is 1400. The monoisotopic (exact) mass is 587 g/mol. The van der Waals surface area contributed by atoms with E-state index in [9.17, 15) is 23.1 Å². The van der Waals surface area contributed by atoms with E-state index in [4.69, 9.17) is 14.5 Å². The van der Waals surface area contributed by atoms with Gasteiger partial charge < -0.3 is 29.3 Å². The molecule has 2 aliphatic heterocycles. The van der Waals surface area contributed by atoms with Crippen molar-refractivity contribution in [2.75, 3.05) is 37.1 Å². The summed E-state index contributed by atoms with van der Waals surface area (Å²) < 4.78 is 52.6. The van der Waals surface area contributed by atoms with Crippen LogP contribution in [-0.2, 0) is 11.0 Å². The quantitative estimate of drug-likeness (QED) is 0.468. The number of alkyl halides is 3. The molecule has 0 radical (unpaired) electrons.